The summed E-state index contributed by atoms with van der Waals surface area (Å²) in [6.07, 6.45) is 2.34. The number of ether oxygens (including phenoxy) is 1. The van der Waals surface area contributed by atoms with Crippen LogP contribution in [0.25, 0.3) is 0 Å². The molecule has 0 aliphatic rings. The van der Waals surface area contributed by atoms with Crippen LogP contribution in [0.1, 0.15) is 31.4 Å². The van der Waals surface area contributed by atoms with Gasteiger partial charge in [-0.3, -0.25) is 0 Å². The van der Waals surface area contributed by atoms with E-state index >= 15 is 0 Å². The van der Waals surface area contributed by atoms with Gasteiger partial charge in [0.05, 0.1) is 0 Å². The highest BCUT2D eigenvalue weighted by atomic mass is 16.5. The molecule has 0 N–H and O–H groups in total. The van der Waals surface area contributed by atoms with Crippen molar-refractivity contribution in [1.82, 2.24) is 0 Å². The molecule has 0 bridgehead atoms. The van der Waals surface area contributed by atoms with Gasteiger partial charge in [0, 0.05) is 0 Å². The van der Waals surface area contributed by atoms with Gasteiger partial charge in [-0.05, 0) is 35.6 Å². The van der Waals surface area contributed by atoms with E-state index in [2.05, 4.69) is 44.2 Å². The zero-order valence-corrected chi connectivity index (χ0v) is 11.8. The molecule has 2 aromatic carbocycles. The van der Waals surface area contributed by atoms with Gasteiger partial charge >= 0.3 is 0 Å². The Labute approximate surface area is 116 Å². The first-order chi connectivity index (χ1) is 9.28. The molecule has 1 heteroatoms. The van der Waals surface area contributed by atoms with Crippen LogP contribution in [0.4, 0.5) is 0 Å². The Kier molecular flexibility index (Phi) is 5.02. The predicted octanol–water partition coefficient (Wildman–Crippen LogP) is 4.85. The third-order valence-corrected chi connectivity index (χ3v) is 3.43. The number of rotatable bonds is 6. The lowest BCUT2D eigenvalue weighted by atomic mass is 9.99. The van der Waals surface area contributed by atoms with Crippen molar-refractivity contribution in [1.29, 1.82) is 0 Å². The number of hydrogen-bond donors (Lipinski definition) is 0. The summed E-state index contributed by atoms with van der Waals surface area (Å²) in [7, 11) is 0. The molecule has 0 radical (unpaired) electrons. The zero-order chi connectivity index (χ0) is 13.5. The molecule has 0 aliphatic heterocycles. The molecule has 0 amide bonds. The lowest BCUT2D eigenvalue weighted by Gasteiger charge is -2.11. The number of benzene rings is 2. The fraction of sp³-hybridized carbons (Fsp3) is 0.333. The summed E-state index contributed by atoms with van der Waals surface area (Å²) in [4.78, 5) is 0. The van der Waals surface area contributed by atoms with Gasteiger partial charge < -0.3 is 4.74 Å². The first-order valence-corrected chi connectivity index (χ1v) is 7.03. The SMILES string of the molecule is CC[C@H](C)Cc1cccc(OCc2ccccc2)c1. The van der Waals surface area contributed by atoms with Crippen LogP contribution in [0.2, 0.25) is 0 Å². The fourth-order valence-electron chi connectivity index (χ4n) is 2.05. The van der Waals surface area contributed by atoms with Crippen LogP contribution in [0, 0.1) is 5.92 Å². The van der Waals surface area contributed by atoms with Crippen LogP contribution in [-0.2, 0) is 13.0 Å². The molecule has 1 nitrogen and oxygen atoms in total. The van der Waals surface area contributed by atoms with E-state index in [4.69, 9.17) is 4.74 Å². The van der Waals surface area contributed by atoms with Gasteiger partial charge in [0.25, 0.3) is 0 Å². The van der Waals surface area contributed by atoms with E-state index in [0.717, 1.165) is 18.1 Å². The van der Waals surface area contributed by atoms with E-state index in [1.54, 1.807) is 0 Å². The maximum Gasteiger partial charge on any atom is 0.120 e. The highest BCUT2D eigenvalue weighted by Crippen LogP contribution is 2.18. The van der Waals surface area contributed by atoms with Gasteiger partial charge in [-0.25, -0.2) is 0 Å². The Balaban J connectivity index is 1.95. The lowest BCUT2D eigenvalue weighted by Crippen LogP contribution is -1.99. The van der Waals surface area contributed by atoms with Gasteiger partial charge in [0.1, 0.15) is 12.4 Å². The van der Waals surface area contributed by atoms with Gasteiger partial charge in [-0.2, -0.15) is 0 Å². The van der Waals surface area contributed by atoms with E-state index in [0.29, 0.717) is 6.61 Å². The van der Waals surface area contributed by atoms with Crippen molar-refractivity contribution in [2.24, 2.45) is 5.92 Å². The van der Waals surface area contributed by atoms with Crippen LogP contribution in [0.3, 0.4) is 0 Å². The second-order valence-electron chi connectivity index (χ2n) is 5.14. The molecule has 19 heavy (non-hydrogen) atoms. The van der Waals surface area contributed by atoms with Crippen LogP contribution < -0.4 is 4.74 Å². The van der Waals surface area contributed by atoms with Gasteiger partial charge in [0.2, 0.25) is 0 Å². The summed E-state index contributed by atoms with van der Waals surface area (Å²) >= 11 is 0. The third kappa shape index (κ3) is 4.44. The monoisotopic (exact) mass is 254 g/mol. The van der Waals surface area contributed by atoms with E-state index in [9.17, 15) is 0 Å². The van der Waals surface area contributed by atoms with Gasteiger partial charge in [0.15, 0.2) is 0 Å². The summed E-state index contributed by atoms with van der Waals surface area (Å²) in [5, 5.41) is 0. The van der Waals surface area contributed by atoms with Crippen LogP contribution in [-0.4, -0.2) is 0 Å². The normalized spacial score (nSPS) is 12.1. The second kappa shape index (κ2) is 6.98. The third-order valence-electron chi connectivity index (χ3n) is 3.43. The predicted molar refractivity (Wildman–Crippen MR) is 80.4 cm³/mol. The Morgan fingerprint density at radius 3 is 2.42 bits per heavy atom. The smallest absolute Gasteiger partial charge is 0.120 e. The quantitative estimate of drug-likeness (QED) is 0.715. The Morgan fingerprint density at radius 1 is 0.947 bits per heavy atom. The molecule has 1 atom stereocenters. The van der Waals surface area contributed by atoms with E-state index in [1.165, 1.54) is 17.5 Å². The Bertz CT molecular complexity index is 490. The molecule has 0 saturated heterocycles. The molecule has 0 fully saturated rings. The molecule has 2 aromatic rings. The van der Waals surface area contributed by atoms with E-state index in [1.807, 2.05) is 24.3 Å². The maximum atomic E-state index is 5.85. The van der Waals surface area contributed by atoms with Gasteiger partial charge in [-0.15, -0.1) is 0 Å². The summed E-state index contributed by atoms with van der Waals surface area (Å²) in [6.45, 7) is 5.16. The molecular weight excluding hydrogens is 232 g/mol. The van der Waals surface area contributed by atoms with Crippen LogP contribution >= 0.6 is 0 Å². The number of hydrogen-bond acceptors (Lipinski definition) is 1. The van der Waals surface area contributed by atoms with E-state index in [-0.39, 0.29) is 0 Å². The molecular formula is C18H22O. The molecule has 0 aliphatic carbocycles. The highest BCUT2D eigenvalue weighted by molar-refractivity contribution is 5.29. The fourth-order valence-corrected chi connectivity index (χ4v) is 2.05. The highest BCUT2D eigenvalue weighted by Gasteiger charge is 2.02. The largest absolute Gasteiger partial charge is 0.489 e. The first-order valence-electron chi connectivity index (χ1n) is 7.03. The molecule has 2 rings (SSSR count). The molecule has 0 saturated carbocycles. The first kappa shape index (κ1) is 13.7. The molecule has 0 heterocycles. The average molecular weight is 254 g/mol. The van der Waals surface area contributed by atoms with E-state index < -0.39 is 0 Å². The summed E-state index contributed by atoms with van der Waals surface area (Å²) in [5.74, 6) is 1.69. The molecule has 0 aromatic heterocycles. The average Bonchev–Trinajstić information content (AvgIpc) is 2.46. The van der Waals surface area contributed by atoms with Crippen LogP contribution in [0.5, 0.6) is 5.75 Å². The minimum absolute atomic E-state index is 0.633. The van der Waals surface area contributed by atoms with Crippen molar-refractivity contribution in [3.05, 3.63) is 65.7 Å². The molecule has 0 spiro atoms. The minimum Gasteiger partial charge on any atom is -0.489 e. The molecule has 0 unspecified atom stereocenters. The van der Waals surface area contributed by atoms with Crippen molar-refractivity contribution < 1.29 is 4.74 Å². The topological polar surface area (TPSA) is 9.23 Å². The van der Waals surface area contributed by atoms with Crippen molar-refractivity contribution in [3.8, 4) is 5.75 Å². The minimum atomic E-state index is 0.633. The molecule has 100 valence electrons. The Morgan fingerprint density at radius 2 is 1.68 bits per heavy atom. The lowest BCUT2D eigenvalue weighted by molar-refractivity contribution is 0.306. The van der Waals surface area contributed by atoms with Crippen LogP contribution in [0.15, 0.2) is 54.6 Å². The summed E-state index contributed by atoms with van der Waals surface area (Å²) in [5.41, 5.74) is 2.56. The summed E-state index contributed by atoms with van der Waals surface area (Å²) in [6, 6.07) is 18.7. The second-order valence-corrected chi connectivity index (χ2v) is 5.14. The van der Waals surface area contributed by atoms with Gasteiger partial charge in [-0.1, -0.05) is 62.7 Å². The van der Waals surface area contributed by atoms with Crippen molar-refractivity contribution >= 4 is 0 Å². The maximum absolute atomic E-state index is 5.85. The van der Waals surface area contributed by atoms with Crippen molar-refractivity contribution in [2.75, 3.05) is 0 Å². The van der Waals surface area contributed by atoms with Crippen molar-refractivity contribution in [3.63, 3.8) is 0 Å². The zero-order valence-electron chi connectivity index (χ0n) is 11.8. The van der Waals surface area contributed by atoms with Crippen molar-refractivity contribution in [2.45, 2.75) is 33.3 Å². The standard InChI is InChI=1S/C18H22O/c1-3-15(2)12-17-10-7-11-18(13-17)19-14-16-8-5-4-6-9-16/h4-11,13,15H,3,12,14H2,1-2H3/t15-/m0/s1. The Hall–Kier alpha value is -1.76. The summed E-state index contributed by atoms with van der Waals surface area (Å²) < 4.78 is 5.85.